The molecule has 0 bridgehead atoms. The van der Waals surface area contributed by atoms with Crippen molar-refractivity contribution in [3.05, 3.63) is 0 Å². The van der Waals surface area contributed by atoms with Gasteiger partial charge in [0, 0.05) is 6.54 Å². The van der Waals surface area contributed by atoms with E-state index >= 15 is 0 Å². The third kappa shape index (κ3) is 8.24. The van der Waals surface area contributed by atoms with Crippen LogP contribution in [0.1, 0.15) is 12.8 Å². The first kappa shape index (κ1) is 10.2. The van der Waals surface area contributed by atoms with Crippen LogP contribution in [0.2, 0.25) is 0 Å². The van der Waals surface area contributed by atoms with E-state index < -0.39 is 0 Å². The van der Waals surface area contributed by atoms with E-state index in [0.717, 1.165) is 6.54 Å². The molecule has 0 aliphatic carbocycles. The van der Waals surface area contributed by atoms with Crippen LogP contribution < -0.4 is 5.32 Å². The molecule has 1 nitrogen and oxygen atoms in total. The van der Waals surface area contributed by atoms with Crippen LogP contribution in [0.4, 0.5) is 4.39 Å². The fourth-order valence-corrected chi connectivity index (χ4v) is 1.18. The number of rotatable bonds is 7. The Hall–Kier alpha value is 0.240. The molecule has 0 aliphatic heterocycles. The predicted octanol–water partition coefficient (Wildman–Crippen LogP) is 1.69. The molecule has 0 amide bonds. The van der Waals surface area contributed by atoms with Gasteiger partial charge in [-0.15, -0.1) is 0 Å². The molecular weight excluding hydrogens is 149 g/mol. The minimum absolute atomic E-state index is 0.247. The van der Waals surface area contributed by atoms with Crippen LogP contribution in [-0.2, 0) is 0 Å². The molecule has 0 aromatic heterocycles. The van der Waals surface area contributed by atoms with Gasteiger partial charge in [-0.05, 0) is 31.4 Å². The predicted molar refractivity (Wildman–Crippen MR) is 46.5 cm³/mol. The normalized spacial score (nSPS) is 10.2. The molecule has 0 atom stereocenters. The Kier molecular flexibility index (Phi) is 9.46. The summed E-state index contributed by atoms with van der Waals surface area (Å²) in [6.45, 7) is 1.23. The Morgan fingerprint density at radius 2 is 2.10 bits per heavy atom. The average molecular weight is 165 g/mol. The third-order valence-corrected chi connectivity index (χ3v) is 1.92. The smallest absolute Gasteiger partial charge is 0.102 e. The summed E-state index contributed by atoms with van der Waals surface area (Å²) in [5, 5.41) is 3.01. The maximum atomic E-state index is 11.5. The van der Waals surface area contributed by atoms with E-state index in [1.165, 1.54) is 18.6 Å². The number of hydrogen-bond acceptors (Lipinski definition) is 2. The first-order valence-corrected chi connectivity index (χ1v) is 5.07. The maximum absolute atomic E-state index is 11.5. The molecule has 0 saturated carbocycles. The highest BCUT2D eigenvalue weighted by atomic mass is 32.2. The molecule has 0 rings (SSSR count). The Labute approximate surface area is 66.8 Å². The van der Waals surface area contributed by atoms with Crippen molar-refractivity contribution in [2.45, 2.75) is 12.8 Å². The van der Waals surface area contributed by atoms with Crippen molar-refractivity contribution < 1.29 is 4.39 Å². The Morgan fingerprint density at radius 3 is 2.70 bits per heavy atom. The molecule has 0 saturated heterocycles. The molecule has 0 aromatic rings. The van der Waals surface area contributed by atoms with Gasteiger partial charge in [-0.2, -0.15) is 11.8 Å². The van der Waals surface area contributed by atoms with Gasteiger partial charge in [0.15, 0.2) is 0 Å². The van der Waals surface area contributed by atoms with Gasteiger partial charge in [-0.1, -0.05) is 0 Å². The van der Waals surface area contributed by atoms with Crippen LogP contribution in [0.25, 0.3) is 0 Å². The van der Waals surface area contributed by atoms with Crippen molar-refractivity contribution in [3.63, 3.8) is 0 Å². The van der Waals surface area contributed by atoms with Crippen molar-refractivity contribution in [1.29, 1.82) is 0 Å². The molecule has 0 radical (unpaired) electrons. The molecule has 0 unspecified atom stereocenters. The number of halogens is 1. The van der Waals surface area contributed by atoms with E-state index in [4.69, 9.17) is 0 Å². The Morgan fingerprint density at radius 1 is 1.30 bits per heavy atom. The van der Waals surface area contributed by atoms with Gasteiger partial charge < -0.3 is 5.32 Å². The molecular formula is C7H16FNS. The SMILES string of the molecule is CSCCCCNCCF. The number of thioether (sulfide) groups is 1. The van der Waals surface area contributed by atoms with Gasteiger partial charge >= 0.3 is 0 Å². The van der Waals surface area contributed by atoms with E-state index in [0.29, 0.717) is 6.54 Å². The van der Waals surface area contributed by atoms with Crippen LogP contribution in [0, 0.1) is 0 Å². The maximum Gasteiger partial charge on any atom is 0.102 e. The van der Waals surface area contributed by atoms with Crippen LogP contribution in [0.3, 0.4) is 0 Å². The molecule has 1 N–H and O–H groups in total. The second kappa shape index (κ2) is 9.24. The summed E-state index contributed by atoms with van der Waals surface area (Å²) in [4.78, 5) is 0. The van der Waals surface area contributed by atoms with E-state index in [-0.39, 0.29) is 6.67 Å². The average Bonchev–Trinajstić information content (AvgIpc) is 1.97. The fraction of sp³-hybridized carbons (Fsp3) is 1.00. The Balaban J connectivity index is 2.65. The largest absolute Gasteiger partial charge is 0.314 e. The third-order valence-electron chi connectivity index (χ3n) is 1.22. The number of nitrogens with one attached hydrogen (secondary N) is 1. The number of alkyl halides is 1. The number of hydrogen-bond donors (Lipinski definition) is 1. The van der Waals surface area contributed by atoms with Gasteiger partial charge in [-0.25, -0.2) is 4.39 Å². The summed E-state index contributed by atoms with van der Waals surface area (Å²) in [6, 6.07) is 0. The monoisotopic (exact) mass is 165 g/mol. The fourth-order valence-electron chi connectivity index (χ4n) is 0.688. The lowest BCUT2D eigenvalue weighted by Gasteiger charge is -1.99. The zero-order valence-corrected chi connectivity index (χ0v) is 7.35. The highest BCUT2D eigenvalue weighted by Gasteiger charge is 1.86. The van der Waals surface area contributed by atoms with Gasteiger partial charge in [0.2, 0.25) is 0 Å². The lowest BCUT2D eigenvalue weighted by atomic mass is 10.3. The lowest BCUT2D eigenvalue weighted by molar-refractivity contribution is 0.465. The van der Waals surface area contributed by atoms with Crippen molar-refractivity contribution >= 4 is 11.8 Å². The zero-order chi connectivity index (χ0) is 7.66. The van der Waals surface area contributed by atoms with E-state index in [9.17, 15) is 4.39 Å². The van der Waals surface area contributed by atoms with E-state index in [1.807, 2.05) is 11.8 Å². The first-order chi connectivity index (χ1) is 4.91. The summed E-state index contributed by atoms with van der Waals surface area (Å²) >= 11 is 1.86. The van der Waals surface area contributed by atoms with Gasteiger partial charge in [0.1, 0.15) is 6.67 Å². The van der Waals surface area contributed by atoms with Crippen LogP contribution in [0.5, 0.6) is 0 Å². The van der Waals surface area contributed by atoms with Crippen molar-refractivity contribution in [2.24, 2.45) is 0 Å². The lowest BCUT2D eigenvalue weighted by Crippen LogP contribution is -2.17. The standard InChI is InChI=1S/C7H16FNS/c1-10-7-3-2-5-9-6-4-8/h9H,2-7H2,1H3. The van der Waals surface area contributed by atoms with Crippen molar-refractivity contribution in [3.8, 4) is 0 Å². The topological polar surface area (TPSA) is 12.0 Å². The van der Waals surface area contributed by atoms with Crippen LogP contribution in [0.15, 0.2) is 0 Å². The van der Waals surface area contributed by atoms with Crippen molar-refractivity contribution in [2.75, 3.05) is 31.8 Å². The molecule has 0 aromatic carbocycles. The molecule has 62 valence electrons. The molecule has 10 heavy (non-hydrogen) atoms. The summed E-state index contributed by atoms with van der Waals surface area (Å²) in [7, 11) is 0. The van der Waals surface area contributed by atoms with Crippen molar-refractivity contribution in [1.82, 2.24) is 5.32 Å². The highest BCUT2D eigenvalue weighted by Crippen LogP contribution is 1.97. The summed E-state index contributed by atoms with van der Waals surface area (Å²) in [6.07, 6.45) is 4.51. The Bertz CT molecular complexity index is 53.6. The van der Waals surface area contributed by atoms with E-state index in [1.54, 1.807) is 0 Å². The van der Waals surface area contributed by atoms with E-state index in [2.05, 4.69) is 11.6 Å². The molecule has 3 heteroatoms. The van der Waals surface area contributed by atoms with Crippen LogP contribution >= 0.6 is 11.8 Å². The second-order valence-corrected chi connectivity index (χ2v) is 3.12. The molecule has 0 fully saturated rings. The molecule has 0 spiro atoms. The van der Waals surface area contributed by atoms with Gasteiger partial charge in [-0.3, -0.25) is 0 Å². The molecule has 0 aliphatic rings. The quantitative estimate of drug-likeness (QED) is 0.576. The number of unbranched alkanes of at least 4 members (excludes halogenated alkanes) is 1. The highest BCUT2D eigenvalue weighted by molar-refractivity contribution is 7.98. The van der Waals surface area contributed by atoms with Gasteiger partial charge in [0.25, 0.3) is 0 Å². The second-order valence-electron chi connectivity index (χ2n) is 2.14. The molecule has 0 heterocycles. The minimum atomic E-state index is -0.247. The summed E-state index contributed by atoms with van der Waals surface area (Å²) in [5.74, 6) is 1.22. The zero-order valence-electron chi connectivity index (χ0n) is 6.53. The minimum Gasteiger partial charge on any atom is -0.314 e. The first-order valence-electron chi connectivity index (χ1n) is 3.67. The summed E-state index contributed by atoms with van der Waals surface area (Å²) < 4.78 is 11.5. The van der Waals surface area contributed by atoms with Crippen LogP contribution in [-0.4, -0.2) is 31.8 Å². The summed E-state index contributed by atoms with van der Waals surface area (Å²) in [5.41, 5.74) is 0. The van der Waals surface area contributed by atoms with Gasteiger partial charge in [0.05, 0.1) is 0 Å².